The average Bonchev–Trinajstić information content (AvgIpc) is 2.38. The van der Waals surface area contributed by atoms with Crippen molar-refractivity contribution in [2.45, 2.75) is 32.1 Å². The van der Waals surface area contributed by atoms with Crippen LogP contribution < -0.4 is 4.31 Å². The van der Waals surface area contributed by atoms with Gasteiger partial charge in [0.15, 0.2) is 0 Å². The van der Waals surface area contributed by atoms with Crippen LogP contribution in [-0.2, 0) is 11.3 Å². The van der Waals surface area contributed by atoms with Gasteiger partial charge < -0.3 is 0 Å². The van der Waals surface area contributed by atoms with Crippen molar-refractivity contribution in [3.63, 3.8) is 0 Å². The Labute approximate surface area is 105 Å². The molecule has 0 spiro atoms. The van der Waals surface area contributed by atoms with Crippen molar-refractivity contribution in [3.8, 4) is 0 Å². The Morgan fingerprint density at radius 1 is 1.18 bits per heavy atom. The van der Waals surface area contributed by atoms with E-state index in [9.17, 15) is 8.76 Å². The standard InChI is InChI=1S/C13H19NO2S/c15-17(16)14(13-9-5-2-6-10-13)11-12-7-3-1-4-8-12/h2,5-6,9-10,12H,1,3-4,7-8,11H2,(H,15,16). The quantitative estimate of drug-likeness (QED) is 0.837. The second-order valence-electron chi connectivity index (χ2n) is 4.63. The van der Waals surface area contributed by atoms with Gasteiger partial charge >= 0.3 is 0 Å². The molecule has 1 aromatic rings. The smallest absolute Gasteiger partial charge is 0.261 e. The molecule has 4 heteroatoms. The van der Waals surface area contributed by atoms with Gasteiger partial charge in [0.2, 0.25) is 0 Å². The number of anilines is 1. The fraction of sp³-hybridized carbons (Fsp3) is 0.538. The predicted molar refractivity (Wildman–Crippen MR) is 71.1 cm³/mol. The molecule has 0 aliphatic heterocycles. The fourth-order valence-corrected chi connectivity index (χ4v) is 3.10. The molecule has 2 rings (SSSR count). The summed E-state index contributed by atoms with van der Waals surface area (Å²) in [7, 11) is 0. The number of para-hydroxylation sites is 1. The maximum atomic E-state index is 11.4. The molecule has 0 saturated heterocycles. The molecule has 3 nitrogen and oxygen atoms in total. The van der Waals surface area contributed by atoms with E-state index in [2.05, 4.69) is 0 Å². The molecule has 0 bridgehead atoms. The van der Waals surface area contributed by atoms with Crippen molar-refractivity contribution in [3.05, 3.63) is 30.3 Å². The van der Waals surface area contributed by atoms with Crippen molar-refractivity contribution in [2.75, 3.05) is 10.8 Å². The van der Waals surface area contributed by atoms with E-state index in [1.807, 2.05) is 30.3 Å². The van der Waals surface area contributed by atoms with E-state index in [0.29, 0.717) is 12.5 Å². The Kier molecular flexibility index (Phi) is 4.57. The van der Waals surface area contributed by atoms with E-state index in [0.717, 1.165) is 5.69 Å². The third kappa shape index (κ3) is 3.54. The molecule has 1 atom stereocenters. The van der Waals surface area contributed by atoms with Gasteiger partial charge in [-0.05, 0) is 30.9 Å². The van der Waals surface area contributed by atoms with Crippen molar-refractivity contribution >= 4 is 17.0 Å². The van der Waals surface area contributed by atoms with E-state index in [1.165, 1.54) is 32.1 Å². The summed E-state index contributed by atoms with van der Waals surface area (Å²) >= 11 is -1.92. The minimum atomic E-state index is -1.92. The van der Waals surface area contributed by atoms with Gasteiger partial charge in [-0.1, -0.05) is 37.5 Å². The van der Waals surface area contributed by atoms with Crippen LogP contribution >= 0.6 is 0 Å². The SMILES string of the molecule is O=S(O)N(CC1CCCCC1)c1ccccc1. The third-order valence-corrected chi connectivity index (χ3v) is 4.12. The molecule has 94 valence electrons. The zero-order valence-electron chi connectivity index (χ0n) is 9.92. The van der Waals surface area contributed by atoms with Gasteiger partial charge in [-0.3, -0.25) is 8.86 Å². The topological polar surface area (TPSA) is 40.5 Å². The Hall–Kier alpha value is -0.870. The van der Waals surface area contributed by atoms with E-state index in [1.54, 1.807) is 4.31 Å². The van der Waals surface area contributed by atoms with Crippen LogP contribution in [0.2, 0.25) is 0 Å². The van der Waals surface area contributed by atoms with Crippen LogP contribution in [0, 0.1) is 5.92 Å². The highest BCUT2D eigenvalue weighted by molar-refractivity contribution is 7.80. The number of hydrogen-bond acceptors (Lipinski definition) is 1. The first-order chi connectivity index (χ1) is 8.27. The van der Waals surface area contributed by atoms with Crippen LogP contribution in [-0.4, -0.2) is 15.3 Å². The lowest BCUT2D eigenvalue weighted by Crippen LogP contribution is -2.31. The number of hydrogen-bond donors (Lipinski definition) is 1. The average molecular weight is 253 g/mol. The monoisotopic (exact) mass is 253 g/mol. The number of benzene rings is 1. The van der Waals surface area contributed by atoms with Crippen LogP contribution in [0.4, 0.5) is 5.69 Å². The lowest BCUT2D eigenvalue weighted by atomic mass is 9.89. The molecule has 0 radical (unpaired) electrons. The van der Waals surface area contributed by atoms with Gasteiger partial charge in [-0.25, -0.2) is 4.21 Å². The Morgan fingerprint density at radius 3 is 2.41 bits per heavy atom. The maximum absolute atomic E-state index is 11.4. The summed E-state index contributed by atoms with van der Waals surface area (Å²) in [5.74, 6) is 0.556. The van der Waals surface area contributed by atoms with Crippen molar-refractivity contribution in [2.24, 2.45) is 5.92 Å². The second-order valence-corrected chi connectivity index (χ2v) is 5.53. The van der Waals surface area contributed by atoms with Gasteiger partial charge in [-0.2, -0.15) is 0 Å². The Balaban J connectivity index is 2.05. The zero-order valence-corrected chi connectivity index (χ0v) is 10.7. The highest BCUT2D eigenvalue weighted by atomic mass is 32.2. The van der Waals surface area contributed by atoms with Gasteiger partial charge in [0.1, 0.15) is 0 Å². The molecule has 17 heavy (non-hydrogen) atoms. The number of nitrogens with zero attached hydrogens (tertiary/aromatic N) is 1. The van der Waals surface area contributed by atoms with E-state index < -0.39 is 11.3 Å². The summed E-state index contributed by atoms with van der Waals surface area (Å²) in [6, 6.07) is 9.49. The molecule has 0 heterocycles. The second kappa shape index (κ2) is 6.17. The molecule has 1 N–H and O–H groups in total. The molecule has 1 aliphatic rings. The fourth-order valence-electron chi connectivity index (χ4n) is 2.46. The molecular formula is C13H19NO2S. The van der Waals surface area contributed by atoms with Crippen LogP contribution in [0.15, 0.2) is 30.3 Å². The molecule has 1 aromatic carbocycles. The van der Waals surface area contributed by atoms with Gasteiger partial charge in [0.05, 0.1) is 5.69 Å². The van der Waals surface area contributed by atoms with Gasteiger partial charge in [0.25, 0.3) is 11.3 Å². The van der Waals surface area contributed by atoms with Crippen LogP contribution in [0.1, 0.15) is 32.1 Å². The normalized spacial score (nSPS) is 18.9. The summed E-state index contributed by atoms with van der Waals surface area (Å²) in [6.07, 6.45) is 6.18. The molecule has 1 saturated carbocycles. The summed E-state index contributed by atoms with van der Waals surface area (Å²) in [4.78, 5) is 0. The molecule has 1 aliphatic carbocycles. The van der Waals surface area contributed by atoms with Crippen LogP contribution in [0.5, 0.6) is 0 Å². The van der Waals surface area contributed by atoms with E-state index in [4.69, 9.17) is 0 Å². The highest BCUT2D eigenvalue weighted by Crippen LogP contribution is 2.26. The lowest BCUT2D eigenvalue weighted by Gasteiger charge is -2.28. The lowest BCUT2D eigenvalue weighted by molar-refractivity contribution is 0.365. The molecule has 0 aromatic heterocycles. The van der Waals surface area contributed by atoms with Crippen LogP contribution in [0.25, 0.3) is 0 Å². The molecule has 1 unspecified atom stereocenters. The molecule has 1 fully saturated rings. The zero-order chi connectivity index (χ0) is 12.1. The maximum Gasteiger partial charge on any atom is 0.261 e. The summed E-state index contributed by atoms with van der Waals surface area (Å²) < 4.78 is 22.4. The molecular weight excluding hydrogens is 234 g/mol. The van der Waals surface area contributed by atoms with Gasteiger partial charge in [0, 0.05) is 6.54 Å². The summed E-state index contributed by atoms with van der Waals surface area (Å²) in [6.45, 7) is 0.688. The Morgan fingerprint density at radius 2 is 1.82 bits per heavy atom. The van der Waals surface area contributed by atoms with E-state index in [-0.39, 0.29) is 0 Å². The van der Waals surface area contributed by atoms with Crippen molar-refractivity contribution < 1.29 is 8.76 Å². The number of rotatable bonds is 4. The summed E-state index contributed by atoms with van der Waals surface area (Å²) in [5.41, 5.74) is 0.832. The Bertz CT molecular complexity index is 363. The van der Waals surface area contributed by atoms with Crippen molar-refractivity contribution in [1.29, 1.82) is 0 Å². The first kappa shape index (κ1) is 12.6. The largest absolute Gasteiger partial charge is 0.289 e. The minimum Gasteiger partial charge on any atom is -0.289 e. The van der Waals surface area contributed by atoms with Crippen LogP contribution in [0.3, 0.4) is 0 Å². The van der Waals surface area contributed by atoms with Gasteiger partial charge in [-0.15, -0.1) is 0 Å². The van der Waals surface area contributed by atoms with Crippen molar-refractivity contribution in [1.82, 2.24) is 0 Å². The third-order valence-electron chi connectivity index (χ3n) is 3.38. The van der Waals surface area contributed by atoms with E-state index >= 15 is 0 Å². The first-order valence-electron chi connectivity index (χ1n) is 6.21. The summed E-state index contributed by atoms with van der Waals surface area (Å²) in [5, 5.41) is 0. The predicted octanol–water partition coefficient (Wildman–Crippen LogP) is 3.21. The highest BCUT2D eigenvalue weighted by Gasteiger charge is 2.20. The minimum absolute atomic E-state index is 0.556. The molecule has 0 amide bonds. The first-order valence-corrected chi connectivity index (χ1v) is 7.27.